The average Bonchev–Trinajstić information content (AvgIpc) is 2.68. The van der Waals surface area contributed by atoms with Crippen LogP contribution in [0.4, 0.5) is 5.69 Å². The van der Waals surface area contributed by atoms with Gasteiger partial charge in [0.2, 0.25) is 10.0 Å². The van der Waals surface area contributed by atoms with Gasteiger partial charge < -0.3 is 5.32 Å². The molecule has 1 unspecified atom stereocenters. The molecule has 1 aromatic carbocycles. The minimum absolute atomic E-state index is 0.0331. The Morgan fingerprint density at radius 3 is 2.40 bits per heavy atom. The molecule has 2 rings (SSSR count). The van der Waals surface area contributed by atoms with E-state index < -0.39 is 14.9 Å². The van der Waals surface area contributed by atoms with E-state index in [4.69, 9.17) is 0 Å². The molecule has 1 aromatic rings. The summed E-state index contributed by atoms with van der Waals surface area (Å²) in [6.45, 7) is 4.62. The van der Waals surface area contributed by atoms with E-state index in [0.29, 0.717) is 6.42 Å². The predicted octanol–water partition coefficient (Wildman–Crippen LogP) is 1.01. The Morgan fingerprint density at radius 1 is 1.35 bits per heavy atom. The van der Waals surface area contributed by atoms with Crippen LogP contribution >= 0.6 is 0 Å². The molecule has 0 spiro atoms. The smallest absolute Gasteiger partial charge is 0.269 e. The van der Waals surface area contributed by atoms with E-state index in [9.17, 15) is 18.5 Å². The van der Waals surface area contributed by atoms with Crippen molar-refractivity contribution in [3.63, 3.8) is 0 Å². The van der Waals surface area contributed by atoms with Gasteiger partial charge in [0, 0.05) is 23.7 Å². The third kappa shape index (κ3) is 2.97. The number of rotatable bonds is 4. The number of nitrogens with one attached hydrogen (secondary N) is 2. The molecule has 0 bridgehead atoms. The highest BCUT2D eigenvalue weighted by atomic mass is 32.2. The highest BCUT2D eigenvalue weighted by molar-refractivity contribution is 7.89. The van der Waals surface area contributed by atoms with Gasteiger partial charge in [0.05, 0.1) is 9.82 Å². The molecule has 2 N–H and O–H groups in total. The minimum atomic E-state index is -3.67. The van der Waals surface area contributed by atoms with Crippen molar-refractivity contribution in [1.29, 1.82) is 0 Å². The fourth-order valence-electron chi connectivity index (χ4n) is 2.23. The molecule has 20 heavy (non-hydrogen) atoms. The monoisotopic (exact) mass is 299 g/mol. The molecule has 1 fully saturated rings. The Bertz CT molecular complexity index is 610. The van der Waals surface area contributed by atoms with E-state index in [-0.39, 0.29) is 22.2 Å². The molecule has 0 radical (unpaired) electrons. The molecular weight excluding hydrogens is 282 g/mol. The maximum absolute atomic E-state index is 12.2. The molecule has 0 aliphatic carbocycles. The molecule has 1 atom stereocenters. The van der Waals surface area contributed by atoms with Crippen LogP contribution in [-0.4, -0.2) is 31.5 Å². The Morgan fingerprint density at radius 2 is 1.95 bits per heavy atom. The van der Waals surface area contributed by atoms with Crippen LogP contribution in [-0.2, 0) is 10.0 Å². The second kappa shape index (κ2) is 5.12. The highest BCUT2D eigenvalue weighted by Crippen LogP contribution is 2.22. The van der Waals surface area contributed by atoms with Crippen LogP contribution in [0.15, 0.2) is 29.2 Å². The van der Waals surface area contributed by atoms with Crippen molar-refractivity contribution in [3.05, 3.63) is 34.4 Å². The second-order valence-electron chi connectivity index (χ2n) is 5.36. The lowest BCUT2D eigenvalue weighted by atomic mass is 9.98. The third-order valence-corrected chi connectivity index (χ3v) is 5.03. The van der Waals surface area contributed by atoms with E-state index in [1.54, 1.807) is 0 Å². The van der Waals surface area contributed by atoms with Gasteiger partial charge in [-0.1, -0.05) is 0 Å². The topological polar surface area (TPSA) is 101 Å². The zero-order chi connectivity index (χ0) is 15.0. The van der Waals surface area contributed by atoms with Gasteiger partial charge in [-0.3, -0.25) is 10.1 Å². The first kappa shape index (κ1) is 14.9. The molecule has 1 heterocycles. The van der Waals surface area contributed by atoms with Crippen LogP contribution in [0.2, 0.25) is 0 Å². The van der Waals surface area contributed by atoms with Crippen LogP contribution < -0.4 is 10.0 Å². The van der Waals surface area contributed by atoms with Gasteiger partial charge >= 0.3 is 0 Å². The molecule has 8 heteroatoms. The summed E-state index contributed by atoms with van der Waals surface area (Å²) >= 11 is 0. The first-order valence-corrected chi connectivity index (χ1v) is 7.72. The highest BCUT2D eigenvalue weighted by Gasteiger charge is 2.36. The van der Waals surface area contributed by atoms with Crippen molar-refractivity contribution in [2.75, 3.05) is 6.54 Å². The summed E-state index contributed by atoms with van der Waals surface area (Å²) in [4.78, 5) is 10.0. The number of benzene rings is 1. The maximum Gasteiger partial charge on any atom is 0.269 e. The normalized spacial score (nSPS) is 21.8. The van der Waals surface area contributed by atoms with Gasteiger partial charge in [0.15, 0.2) is 0 Å². The zero-order valence-electron chi connectivity index (χ0n) is 11.3. The first-order chi connectivity index (χ1) is 9.22. The Balaban J connectivity index is 2.20. The summed E-state index contributed by atoms with van der Waals surface area (Å²) in [6, 6.07) is 4.66. The van der Waals surface area contributed by atoms with E-state index in [2.05, 4.69) is 10.0 Å². The Labute approximate surface area is 117 Å². The summed E-state index contributed by atoms with van der Waals surface area (Å²) in [5.74, 6) is 0. The Hall–Kier alpha value is -1.51. The third-order valence-electron chi connectivity index (χ3n) is 3.54. The van der Waals surface area contributed by atoms with Crippen molar-refractivity contribution in [3.8, 4) is 0 Å². The molecule has 7 nitrogen and oxygen atoms in total. The van der Waals surface area contributed by atoms with Crippen molar-refractivity contribution in [2.24, 2.45) is 0 Å². The maximum atomic E-state index is 12.2. The van der Waals surface area contributed by atoms with Crippen LogP contribution in [0, 0.1) is 10.1 Å². The molecule has 0 amide bonds. The lowest BCUT2D eigenvalue weighted by Gasteiger charge is -2.27. The van der Waals surface area contributed by atoms with Gasteiger partial charge in [-0.05, 0) is 38.9 Å². The fraction of sp³-hybridized carbons (Fsp3) is 0.500. The Kier molecular flexibility index (Phi) is 3.81. The van der Waals surface area contributed by atoms with Crippen LogP contribution in [0.25, 0.3) is 0 Å². The standard InChI is InChI=1S/C12H17N3O4S/c1-12(2)11(7-8-13-12)14-20(18,19)10-5-3-9(4-6-10)15(16)17/h3-6,11,13-14H,7-8H2,1-2H3. The number of hydrogen-bond acceptors (Lipinski definition) is 5. The van der Waals surface area contributed by atoms with E-state index in [1.807, 2.05) is 13.8 Å². The number of sulfonamides is 1. The lowest BCUT2D eigenvalue weighted by molar-refractivity contribution is -0.384. The molecule has 1 aliphatic heterocycles. The van der Waals surface area contributed by atoms with Crippen molar-refractivity contribution in [1.82, 2.24) is 10.0 Å². The average molecular weight is 299 g/mol. The van der Waals surface area contributed by atoms with Gasteiger partial charge in [0.1, 0.15) is 0 Å². The molecule has 0 saturated carbocycles. The van der Waals surface area contributed by atoms with Crippen molar-refractivity contribution in [2.45, 2.75) is 36.7 Å². The predicted molar refractivity (Wildman–Crippen MR) is 73.9 cm³/mol. The van der Waals surface area contributed by atoms with E-state index >= 15 is 0 Å². The largest absolute Gasteiger partial charge is 0.310 e. The number of nitro benzene ring substituents is 1. The summed E-state index contributed by atoms with van der Waals surface area (Å²) in [7, 11) is -3.67. The lowest BCUT2D eigenvalue weighted by Crippen LogP contribution is -2.50. The number of non-ortho nitro benzene ring substituents is 1. The van der Waals surface area contributed by atoms with Gasteiger partial charge in [-0.25, -0.2) is 13.1 Å². The fourth-order valence-corrected chi connectivity index (χ4v) is 3.65. The molecule has 110 valence electrons. The summed E-state index contributed by atoms with van der Waals surface area (Å²) in [5.41, 5.74) is -0.444. The SMILES string of the molecule is CC1(C)NCCC1NS(=O)(=O)c1ccc([N+](=O)[O-])cc1. The molecular formula is C12H17N3O4S. The van der Waals surface area contributed by atoms with Crippen LogP contribution in [0.3, 0.4) is 0 Å². The van der Waals surface area contributed by atoms with Gasteiger partial charge in [-0.2, -0.15) is 0 Å². The van der Waals surface area contributed by atoms with Gasteiger partial charge in [-0.15, -0.1) is 0 Å². The zero-order valence-corrected chi connectivity index (χ0v) is 12.1. The number of nitro groups is 1. The van der Waals surface area contributed by atoms with E-state index in [0.717, 1.165) is 6.54 Å². The second-order valence-corrected chi connectivity index (χ2v) is 7.08. The van der Waals surface area contributed by atoms with Crippen molar-refractivity contribution >= 4 is 15.7 Å². The molecule has 1 aliphatic rings. The molecule has 1 saturated heterocycles. The number of nitrogens with zero attached hydrogens (tertiary/aromatic N) is 1. The van der Waals surface area contributed by atoms with Crippen LogP contribution in [0.1, 0.15) is 20.3 Å². The van der Waals surface area contributed by atoms with Crippen LogP contribution in [0.5, 0.6) is 0 Å². The van der Waals surface area contributed by atoms with Crippen molar-refractivity contribution < 1.29 is 13.3 Å². The minimum Gasteiger partial charge on any atom is -0.310 e. The summed E-state index contributed by atoms with van der Waals surface area (Å²) in [6.07, 6.45) is 0.708. The number of hydrogen-bond donors (Lipinski definition) is 2. The van der Waals surface area contributed by atoms with Gasteiger partial charge in [0.25, 0.3) is 5.69 Å². The summed E-state index contributed by atoms with van der Waals surface area (Å²) < 4.78 is 27.1. The first-order valence-electron chi connectivity index (χ1n) is 6.24. The quantitative estimate of drug-likeness (QED) is 0.638. The molecule has 0 aromatic heterocycles. The summed E-state index contributed by atoms with van der Waals surface area (Å²) in [5, 5.41) is 13.8. The van der Waals surface area contributed by atoms with E-state index in [1.165, 1.54) is 24.3 Å².